The number of methoxy groups -OCH3 is 2. The van der Waals surface area contributed by atoms with E-state index in [1.807, 2.05) is 24.3 Å². The van der Waals surface area contributed by atoms with Gasteiger partial charge in [-0.05, 0) is 17.7 Å². The number of carbonyl (C=O) groups excluding carboxylic acids is 1. The number of nitrogens with one attached hydrogen (secondary N) is 3. The minimum atomic E-state index is -0.483. The summed E-state index contributed by atoms with van der Waals surface area (Å²) >= 11 is 0. The normalized spacial score (nSPS) is 10.4. The molecule has 1 amide bonds. The number of hydrogen-bond donors (Lipinski definition) is 3. The molecule has 0 saturated carbocycles. The highest BCUT2D eigenvalue weighted by molar-refractivity contribution is 14.0. The van der Waals surface area contributed by atoms with Gasteiger partial charge in [0, 0.05) is 32.9 Å². The monoisotopic (exact) mass is 422 g/mol. The Morgan fingerprint density at radius 2 is 1.86 bits per heavy atom. The third-order valence-corrected chi connectivity index (χ3v) is 2.67. The summed E-state index contributed by atoms with van der Waals surface area (Å²) in [5.74, 6) is 0.712. The number of hydrogen-bond acceptors (Lipinski definition) is 4. The Balaban J connectivity index is 0.00000441. The molecular weight excluding hydrogens is 399 g/mol. The Bertz CT molecular complexity index is 466. The number of halogens is 1. The molecule has 1 aromatic rings. The topological polar surface area (TPSA) is 84.0 Å². The van der Waals surface area contributed by atoms with Crippen molar-refractivity contribution in [3.05, 3.63) is 29.8 Å². The molecule has 8 heteroatoms. The first-order chi connectivity index (χ1) is 10.2. The molecule has 0 unspecified atom stereocenters. The Morgan fingerprint density at radius 3 is 2.41 bits per heavy atom. The first kappa shape index (κ1) is 20.5. The lowest BCUT2D eigenvalue weighted by molar-refractivity contribution is 0.187. The maximum absolute atomic E-state index is 11.1. The molecule has 0 bridgehead atoms. The summed E-state index contributed by atoms with van der Waals surface area (Å²) in [6, 6.07) is 7.46. The zero-order valence-corrected chi connectivity index (χ0v) is 15.3. The van der Waals surface area contributed by atoms with Crippen LogP contribution in [0, 0.1) is 0 Å². The van der Waals surface area contributed by atoms with Gasteiger partial charge in [-0.2, -0.15) is 0 Å². The van der Waals surface area contributed by atoms with Crippen LogP contribution >= 0.6 is 24.0 Å². The molecule has 0 fully saturated rings. The maximum Gasteiger partial charge on any atom is 0.411 e. The first-order valence-electron chi connectivity index (χ1n) is 6.57. The number of guanidine groups is 1. The zero-order valence-electron chi connectivity index (χ0n) is 13.0. The van der Waals surface area contributed by atoms with Crippen molar-refractivity contribution < 1.29 is 14.3 Å². The van der Waals surface area contributed by atoms with Gasteiger partial charge in [0.15, 0.2) is 5.96 Å². The number of carbonyl (C=O) groups is 1. The van der Waals surface area contributed by atoms with E-state index in [1.54, 1.807) is 14.2 Å². The van der Waals surface area contributed by atoms with Crippen molar-refractivity contribution in [3.8, 4) is 0 Å². The van der Waals surface area contributed by atoms with Crippen molar-refractivity contribution in [1.82, 2.24) is 10.6 Å². The van der Waals surface area contributed by atoms with Crippen LogP contribution < -0.4 is 16.0 Å². The van der Waals surface area contributed by atoms with Gasteiger partial charge < -0.3 is 20.1 Å². The molecule has 1 aromatic carbocycles. The zero-order chi connectivity index (χ0) is 15.5. The van der Waals surface area contributed by atoms with Crippen molar-refractivity contribution in [2.45, 2.75) is 6.54 Å². The number of anilines is 1. The van der Waals surface area contributed by atoms with Gasteiger partial charge in [-0.3, -0.25) is 10.3 Å². The van der Waals surface area contributed by atoms with Crippen molar-refractivity contribution >= 4 is 41.7 Å². The van der Waals surface area contributed by atoms with Gasteiger partial charge in [-0.25, -0.2) is 4.79 Å². The van der Waals surface area contributed by atoms with Crippen LogP contribution in [-0.4, -0.2) is 46.5 Å². The molecule has 124 valence electrons. The van der Waals surface area contributed by atoms with Crippen molar-refractivity contribution in [2.24, 2.45) is 4.99 Å². The number of amides is 1. The number of nitrogens with zero attached hydrogens (tertiary/aromatic N) is 1. The smallest absolute Gasteiger partial charge is 0.411 e. The number of benzene rings is 1. The predicted molar refractivity (Wildman–Crippen MR) is 98.0 cm³/mol. The Morgan fingerprint density at radius 1 is 1.18 bits per heavy atom. The molecule has 22 heavy (non-hydrogen) atoms. The molecule has 1 rings (SSSR count). The molecule has 0 atom stereocenters. The fourth-order valence-corrected chi connectivity index (χ4v) is 1.55. The Labute approximate surface area is 147 Å². The average Bonchev–Trinajstić information content (AvgIpc) is 2.52. The van der Waals surface area contributed by atoms with Crippen LogP contribution in [0.4, 0.5) is 10.5 Å². The molecule has 7 nitrogen and oxygen atoms in total. The molecule has 0 aliphatic carbocycles. The largest absolute Gasteiger partial charge is 0.453 e. The molecule has 0 aliphatic heterocycles. The van der Waals surface area contributed by atoms with E-state index in [0.717, 1.165) is 5.56 Å². The quantitative estimate of drug-likeness (QED) is 0.282. The van der Waals surface area contributed by atoms with Crippen LogP contribution in [0.2, 0.25) is 0 Å². The van der Waals surface area contributed by atoms with Crippen LogP contribution in [0.5, 0.6) is 0 Å². The highest BCUT2D eigenvalue weighted by Gasteiger charge is 2.01. The van der Waals surface area contributed by atoms with Crippen LogP contribution in [0.15, 0.2) is 29.3 Å². The Hall–Kier alpha value is -1.55. The highest BCUT2D eigenvalue weighted by Crippen LogP contribution is 2.09. The maximum atomic E-state index is 11.1. The summed E-state index contributed by atoms with van der Waals surface area (Å²) in [6.45, 7) is 1.94. The van der Waals surface area contributed by atoms with E-state index in [4.69, 9.17) is 4.74 Å². The summed E-state index contributed by atoms with van der Waals surface area (Å²) < 4.78 is 9.49. The molecule has 0 aliphatic rings. The summed E-state index contributed by atoms with van der Waals surface area (Å²) in [7, 11) is 4.70. The second-order valence-electron chi connectivity index (χ2n) is 4.16. The van der Waals surface area contributed by atoms with Gasteiger partial charge in [-0.1, -0.05) is 12.1 Å². The van der Waals surface area contributed by atoms with E-state index in [-0.39, 0.29) is 24.0 Å². The summed E-state index contributed by atoms with van der Waals surface area (Å²) in [6.07, 6.45) is -0.483. The fourth-order valence-electron chi connectivity index (χ4n) is 1.55. The lowest BCUT2D eigenvalue weighted by atomic mass is 10.2. The second-order valence-corrected chi connectivity index (χ2v) is 4.16. The van der Waals surface area contributed by atoms with Crippen LogP contribution in [0.3, 0.4) is 0 Å². The number of rotatable bonds is 6. The number of aliphatic imine (C=N–C) groups is 1. The summed E-state index contributed by atoms with van der Waals surface area (Å²) in [5, 5.41) is 8.91. The van der Waals surface area contributed by atoms with E-state index in [1.165, 1.54) is 7.11 Å². The summed E-state index contributed by atoms with van der Waals surface area (Å²) in [5.41, 5.74) is 1.76. The van der Waals surface area contributed by atoms with Crippen LogP contribution in [0.1, 0.15) is 5.56 Å². The van der Waals surface area contributed by atoms with Gasteiger partial charge in [0.25, 0.3) is 0 Å². The van der Waals surface area contributed by atoms with E-state index < -0.39 is 6.09 Å². The second kappa shape index (κ2) is 12.0. The molecule has 0 heterocycles. The SMILES string of the molecule is CN=C(NCCOC)NCc1ccc(NC(=O)OC)cc1.I. The first-order valence-corrected chi connectivity index (χ1v) is 6.57. The van der Waals surface area contributed by atoms with E-state index in [9.17, 15) is 4.79 Å². The fraction of sp³-hybridized carbons (Fsp3) is 0.429. The highest BCUT2D eigenvalue weighted by atomic mass is 127. The Kier molecular flexibility index (Phi) is 11.2. The molecule has 0 aromatic heterocycles. The van der Waals surface area contributed by atoms with Crippen molar-refractivity contribution in [2.75, 3.05) is 39.7 Å². The van der Waals surface area contributed by atoms with Crippen LogP contribution in [-0.2, 0) is 16.0 Å². The molecular formula is C14H23IN4O3. The van der Waals surface area contributed by atoms with Crippen molar-refractivity contribution in [1.29, 1.82) is 0 Å². The minimum Gasteiger partial charge on any atom is -0.453 e. The van der Waals surface area contributed by atoms with E-state index in [2.05, 4.69) is 25.7 Å². The standard InChI is InChI=1S/C14H22N4O3.HI/c1-15-13(16-8-9-20-2)17-10-11-4-6-12(7-5-11)18-14(19)21-3;/h4-7H,8-10H2,1-3H3,(H,18,19)(H2,15,16,17);1H. The van der Waals surface area contributed by atoms with Gasteiger partial charge >= 0.3 is 6.09 Å². The third-order valence-electron chi connectivity index (χ3n) is 2.67. The minimum absolute atomic E-state index is 0. The molecule has 0 saturated heterocycles. The van der Waals surface area contributed by atoms with E-state index >= 15 is 0 Å². The molecule has 0 spiro atoms. The number of ether oxygens (including phenoxy) is 2. The third kappa shape index (κ3) is 8.03. The van der Waals surface area contributed by atoms with Gasteiger partial charge in [0.2, 0.25) is 0 Å². The summed E-state index contributed by atoms with van der Waals surface area (Å²) in [4.78, 5) is 15.2. The average molecular weight is 422 g/mol. The van der Waals surface area contributed by atoms with Gasteiger partial charge in [0.1, 0.15) is 0 Å². The van der Waals surface area contributed by atoms with Crippen molar-refractivity contribution in [3.63, 3.8) is 0 Å². The molecule has 0 radical (unpaired) electrons. The predicted octanol–water partition coefficient (Wildman–Crippen LogP) is 1.79. The lowest BCUT2D eigenvalue weighted by Gasteiger charge is -2.12. The molecule has 3 N–H and O–H groups in total. The van der Waals surface area contributed by atoms with E-state index in [0.29, 0.717) is 31.3 Å². The van der Waals surface area contributed by atoms with Crippen LogP contribution in [0.25, 0.3) is 0 Å². The lowest BCUT2D eigenvalue weighted by Crippen LogP contribution is -2.38. The van der Waals surface area contributed by atoms with Gasteiger partial charge in [-0.15, -0.1) is 24.0 Å². The van der Waals surface area contributed by atoms with Gasteiger partial charge in [0.05, 0.1) is 13.7 Å².